The average molecular weight is 203 g/mol. The van der Waals surface area contributed by atoms with Crippen molar-refractivity contribution in [2.75, 3.05) is 13.1 Å². The first kappa shape index (κ1) is 12.3. The molecule has 6 heteroatoms. The Bertz CT molecular complexity index is 193. The fourth-order valence-corrected chi connectivity index (χ4v) is 0.873. The highest BCUT2D eigenvalue weighted by Crippen LogP contribution is 2.32. The van der Waals surface area contributed by atoms with Gasteiger partial charge in [0.2, 0.25) is 5.83 Å². The van der Waals surface area contributed by atoms with Crippen LogP contribution < -0.4 is 0 Å². The van der Waals surface area contributed by atoms with Gasteiger partial charge in [-0.05, 0) is 0 Å². The molecule has 0 unspecified atom stereocenters. The van der Waals surface area contributed by atoms with E-state index >= 15 is 0 Å². The highest BCUT2D eigenvalue weighted by molar-refractivity contribution is 5.03. The maximum Gasteiger partial charge on any atom is 0.363 e. The number of likely N-dealkylation sites (N-methyl/N-ethyl adjacent to an activating group) is 1. The highest BCUT2D eigenvalue weighted by Gasteiger charge is 2.43. The molecule has 0 N–H and O–H groups in total. The van der Waals surface area contributed by atoms with Gasteiger partial charge in [-0.2, -0.15) is 22.0 Å². The van der Waals surface area contributed by atoms with Gasteiger partial charge in [-0.3, -0.25) is 0 Å². The van der Waals surface area contributed by atoms with E-state index in [2.05, 4.69) is 0 Å². The van der Waals surface area contributed by atoms with Gasteiger partial charge < -0.3 is 0 Å². The van der Waals surface area contributed by atoms with E-state index in [1.165, 1.54) is 13.8 Å². The minimum atomic E-state index is -4.21. The first-order valence-corrected chi connectivity index (χ1v) is 3.72. The number of alkyl halides is 2. The van der Waals surface area contributed by atoms with Crippen LogP contribution in [0.5, 0.6) is 0 Å². The number of nitrogens with zero attached hydrogens (tertiary/aromatic N) is 1. The molecular formula is C7H10F5N. The predicted octanol–water partition coefficient (Wildman–Crippen LogP) is 3.00. The Kier molecular flexibility index (Phi) is 4.32. The Balaban J connectivity index is 4.83. The number of hydrogen-bond donors (Lipinski definition) is 0. The van der Waals surface area contributed by atoms with Crippen LogP contribution in [0.1, 0.15) is 13.8 Å². The Morgan fingerprint density at radius 2 is 1.46 bits per heavy atom. The maximum absolute atomic E-state index is 12.7. The molecular weight excluding hydrogens is 193 g/mol. The van der Waals surface area contributed by atoms with Crippen LogP contribution in [0.4, 0.5) is 22.0 Å². The predicted molar refractivity (Wildman–Crippen MR) is 38.2 cm³/mol. The summed E-state index contributed by atoms with van der Waals surface area (Å²) in [5, 5.41) is 0. The molecule has 1 nitrogen and oxygen atoms in total. The summed E-state index contributed by atoms with van der Waals surface area (Å²) in [6, 6.07) is -4.21. The van der Waals surface area contributed by atoms with Crippen molar-refractivity contribution in [1.29, 1.82) is 0 Å². The summed E-state index contributed by atoms with van der Waals surface area (Å²) in [6.45, 7) is 2.26. The van der Waals surface area contributed by atoms with Crippen LogP contribution >= 0.6 is 0 Å². The maximum atomic E-state index is 12.7. The van der Waals surface area contributed by atoms with E-state index in [0.29, 0.717) is 4.90 Å². The zero-order valence-corrected chi connectivity index (χ0v) is 7.25. The Morgan fingerprint density at radius 1 is 1.08 bits per heavy atom. The molecule has 0 fully saturated rings. The molecule has 0 aliphatic carbocycles. The van der Waals surface area contributed by atoms with Gasteiger partial charge in [-0.15, -0.1) is 0 Å². The molecule has 0 saturated carbocycles. The van der Waals surface area contributed by atoms with Crippen LogP contribution in [0.15, 0.2) is 11.9 Å². The highest BCUT2D eigenvalue weighted by atomic mass is 19.3. The molecule has 0 atom stereocenters. The zero-order chi connectivity index (χ0) is 10.6. The van der Waals surface area contributed by atoms with E-state index in [0.717, 1.165) is 0 Å². The fourth-order valence-electron chi connectivity index (χ4n) is 0.873. The van der Waals surface area contributed by atoms with E-state index in [1.807, 2.05) is 0 Å². The Labute approximate surface area is 72.8 Å². The molecule has 0 aliphatic heterocycles. The standard InChI is InChI=1S/C7H10F5N/c1-3-13(4-2)7(11,12)5(8)6(9)10/h3-4H2,1-2H3. The largest absolute Gasteiger partial charge is 0.363 e. The van der Waals surface area contributed by atoms with Gasteiger partial charge in [0.05, 0.1) is 0 Å². The van der Waals surface area contributed by atoms with Crippen LogP contribution in [0.2, 0.25) is 0 Å². The molecule has 0 aromatic heterocycles. The molecule has 0 spiro atoms. The third-order valence-corrected chi connectivity index (χ3v) is 1.59. The van der Waals surface area contributed by atoms with Gasteiger partial charge in [-0.1, -0.05) is 13.8 Å². The molecule has 0 saturated heterocycles. The quantitative estimate of drug-likeness (QED) is 0.501. The second kappa shape index (κ2) is 4.55. The smallest absolute Gasteiger partial charge is 0.239 e. The van der Waals surface area contributed by atoms with Crippen molar-refractivity contribution < 1.29 is 22.0 Å². The molecule has 78 valence electrons. The van der Waals surface area contributed by atoms with Crippen molar-refractivity contribution in [3.05, 3.63) is 11.9 Å². The summed E-state index contributed by atoms with van der Waals surface area (Å²) in [5.74, 6) is -2.67. The van der Waals surface area contributed by atoms with Gasteiger partial charge in [0.15, 0.2) is 0 Å². The molecule has 0 rings (SSSR count). The summed E-state index contributed by atoms with van der Waals surface area (Å²) in [6.07, 6.45) is -2.98. The lowest BCUT2D eigenvalue weighted by atomic mass is 10.4. The topological polar surface area (TPSA) is 3.24 Å². The first-order valence-electron chi connectivity index (χ1n) is 3.72. The molecule has 0 bridgehead atoms. The minimum absolute atomic E-state index is 0.204. The minimum Gasteiger partial charge on any atom is -0.239 e. The molecule has 0 aromatic carbocycles. The van der Waals surface area contributed by atoms with Crippen molar-refractivity contribution in [3.63, 3.8) is 0 Å². The van der Waals surface area contributed by atoms with E-state index in [9.17, 15) is 22.0 Å². The lowest BCUT2D eigenvalue weighted by Gasteiger charge is -2.26. The van der Waals surface area contributed by atoms with Gasteiger partial charge in [-0.25, -0.2) is 4.90 Å². The average Bonchev–Trinajstić information content (AvgIpc) is 2.04. The second-order valence-corrected chi connectivity index (χ2v) is 2.29. The van der Waals surface area contributed by atoms with Crippen molar-refractivity contribution in [1.82, 2.24) is 4.90 Å². The molecule has 13 heavy (non-hydrogen) atoms. The summed E-state index contributed by atoms with van der Waals surface area (Å²) >= 11 is 0. The normalized spacial score (nSPS) is 12.0. The monoisotopic (exact) mass is 203 g/mol. The lowest BCUT2D eigenvalue weighted by molar-refractivity contribution is -0.127. The number of halogens is 5. The fraction of sp³-hybridized carbons (Fsp3) is 0.714. The van der Waals surface area contributed by atoms with Crippen LogP contribution in [-0.2, 0) is 0 Å². The van der Waals surface area contributed by atoms with Crippen molar-refractivity contribution >= 4 is 0 Å². The van der Waals surface area contributed by atoms with Crippen LogP contribution in [0.25, 0.3) is 0 Å². The third kappa shape index (κ3) is 2.65. The molecule has 0 amide bonds. The van der Waals surface area contributed by atoms with Gasteiger partial charge >= 0.3 is 12.1 Å². The van der Waals surface area contributed by atoms with E-state index in [4.69, 9.17) is 0 Å². The lowest BCUT2D eigenvalue weighted by Crippen LogP contribution is -2.42. The summed E-state index contributed by atoms with van der Waals surface area (Å²) < 4.78 is 60.9. The SMILES string of the molecule is CCN(CC)C(F)(F)C(F)=C(F)F. The second-order valence-electron chi connectivity index (χ2n) is 2.29. The van der Waals surface area contributed by atoms with Crippen molar-refractivity contribution in [3.8, 4) is 0 Å². The third-order valence-electron chi connectivity index (χ3n) is 1.59. The number of hydrogen-bond acceptors (Lipinski definition) is 1. The Hall–Kier alpha value is -0.650. The van der Waals surface area contributed by atoms with Gasteiger partial charge in [0.25, 0.3) is 0 Å². The van der Waals surface area contributed by atoms with E-state index in [-0.39, 0.29) is 13.1 Å². The van der Waals surface area contributed by atoms with Gasteiger partial charge in [0.1, 0.15) is 0 Å². The molecule has 0 aromatic rings. The summed E-state index contributed by atoms with van der Waals surface area (Å²) in [7, 11) is 0. The molecule has 0 radical (unpaired) electrons. The van der Waals surface area contributed by atoms with Crippen molar-refractivity contribution in [2.24, 2.45) is 0 Å². The van der Waals surface area contributed by atoms with E-state index < -0.39 is 18.0 Å². The zero-order valence-electron chi connectivity index (χ0n) is 7.25. The van der Waals surface area contributed by atoms with Crippen LogP contribution in [-0.4, -0.2) is 24.0 Å². The molecule has 0 heterocycles. The molecule has 0 aliphatic rings. The summed E-state index contributed by atoms with van der Waals surface area (Å²) in [4.78, 5) is 0.307. The first-order chi connectivity index (χ1) is 5.87. The van der Waals surface area contributed by atoms with Crippen LogP contribution in [0, 0.1) is 0 Å². The van der Waals surface area contributed by atoms with Crippen molar-refractivity contribution in [2.45, 2.75) is 19.9 Å². The van der Waals surface area contributed by atoms with Gasteiger partial charge in [0, 0.05) is 13.1 Å². The Morgan fingerprint density at radius 3 is 1.69 bits per heavy atom. The van der Waals surface area contributed by atoms with E-state index in [1.54, 1.807) is 0 Å². The summed E-state index contributed by atoms with van der Waals surface area (Å²) in [5.41, 5.74) is 0. The number of rotatable bonds is 4. The van der Waals surface area contributed by atoms with Crippen LogP contribution in [0.3, 0.4) is 0 Å².